The van der Waals surface area contributed by atoms with Crippen molar-refractivity contribution >= 4 is 41.5 Å². The van der Waals surface area contributed by atoms with Crippen LogP contribution in [0.5, 0.6) is 0 Å². The van der Waals surface area contributed by atoms with Crippen LogP contribution in [0.15, 0.2) is 140 Å². The van der Waals surface area contributed by atoms with E-state index in [0.717, 1.165) is 44.3 Å². The van der Waals surface area contributed by atoms with Crippen LogP contribution >= 0.6 is 30.6 Å². The Bertz CT molecular complexity index is 2070. The Morgan fingerprint density at radius 3 is 1.70 bits per heavy atom. The van der Waals surface area contributed by atoms with Crippen LogP contribution in [-0.4, -0.2) is 39.6 Å². The Morgan fingerprint density at radius 1 is 0.667 bits per heavy atom. The van der Waals surface area contributed by atoms with E-state index in [1.54, 1.807) is 0 Å². The number of nitrogens with zero attached hydrogens (tertiary/aromatic N) is 1. The third-order valence-corrected chi connectivity index (χ3v) is 11.9. The summed E-state index contributed by atoms with van der Waals surface area (Å²) >= 11 is 1.42. The summed E-state index contributed by atoms with van der Waals surface area (Å²) in [5.74, 6) is 0. The van der Waals surface area contributed by atoms with Gasteiger partial charge in [-0.15, -0.1) is 11.8 Å². The highest BCUT2D eigenvalue weighted by atomic mass is 32.2. The molecule has 7 atom stereocenters. The molecule has 1 N–H and O–H groups in total. The smallest absolute Gasteiger partial charge is 0.165 e. The second kappa shape index (κ2) is 18.5. The molecule has 7 rings (SSSR count). The number of hydrogen-bond acceptors (Lipinski definition) is 7. The Morgan fingerprint density at radius 2 is 1.17 bits per heavy atom. The maximum atomic E-state index is 13.6. The Hall–Kier alpha value is -3.39. The van der Waals surface area contributed by atoms with Crippen LogP contribution in [-0.2, 0) is 61.4 Å². The first-order valence-corrected chi connectivity index (χ1v) is 20.0. The van der Waals surface area contributed by atoms with E-state index in [1.165, 1.54) is 11.8 Å². The Balaban J connectivity index is 1.35. The van der Waals surface area contributed by atoms with Gasteiger partial charge in [-0.1, -0.05) is 121 Å². The first-order valence-electron chi connectivity index (χ1n) is 18.1. The lowest BCUT2D eigenvalue weighted by Gasteiger charge is -2.50. The Kier molecular flexibility index (Phi) is 13.3. The van der Waals surface area contributed by atoms with Gasteiger partial charge in [0.1, 0.15) is 18.3 Å². The first kappa shape index (κ1) is 38.9. The number of thioether (sulfide) groups is 1. The molecule has 1 aromatic heterocycles. The van der Waals surface area contributed by atoms with E-state index in [-0.39, 0.29) is 18.5 Å². The summed E-state index contributed by atoms with van der Waals surface area (Å²) in [6, 6.07) is 44.6. The molecule has 0 bridgehead atoms. The minimum atomic E-state index is -1.61. The second-order valence-electron chi connectivity index (χ2n) is 13.7. The fourth-order valence-electron chi connectivity index (χ4n) is 7.12. The molecule has 2 heterocycles. The number of fused-ring (bicyclic) bond motifs is 1. The number of ether oxygens (including phenoxy) is 4. The number of hydrogen-bond donors (Lipinski definition) is 1. The zero-order valence-electron chi connectivity index (χ0n) is 30.3. The number of aryl methyl sites for hydroxylation is 1. The van der Waals surface area contributed by atoms with Crippen molar-refractivity contribution in [2.24, 2.45) is 0 Å². The molecule has 3 unspecified atom stereocenters. The summed E-state index contributed by atoms with van der Waals surface area (Å²) in [6.07, 6.45) is -0.0223. The highest BCUT2D eigenvalue weighted by molar-refractivity contribution is 8.00. The molecule has 10 heteroatoms. The van der Waals surface area contributed by atoms with Crippen LogP contribution in [0, 0.1) is 6.92 Å². The quantitative estimate of drug-likeness (QED) is 0.0984. The summed E-state index contributed by atoms with van der Waals surface area (Å²) < 4.78 is 35.0. The summed E-state index contributed by atoms with van der Waals surface area (Å²) in [4.78, 5) is -1.61. The van der Waals surface area contributed by atoms with Gasteiger partial charge >= 0.3 is 0 Å². The van der Waals surface area contributed by atoms with E-state index in [1.807, 2.05) is 101 Å². The molecule has 1 saturated heterocycles. The van der Waals surface area contributed by atoms with Gasteiger partial charge in [0.05, 0.1) is 50.4 Å². The lowest BCUT2D eigenvalue weighted by Crippen LogP contribution is -2.61. The predicted molar refractivity (Wildman–Crippen MR) is 223 cm³/mol. The van der Waals surface area contributed by atoms with Crippen molar-refractivity contribution < 1.29 is 28.6 Å². The van der Waals surface area contributed by atoms with Gasteiger partial charge in [0.25, 0.3) is 0 Å². The van der Waals surface area contributed by atoms with E-state index in [4.69, 9.17) is 23.5 Å². The van der Waals surface area contributed by atoms with Crippen LogP contribution < -0.4 is 0 Å². The summed E-state index contributed by atoms with van der Waals surface area (Å²) in [6.45, 7) is 3.99. The van der Waals surface area contributed by atoms with E-state index in [2.05, 4.69) is 68.4 Å². The zero-order valence-corrected chi connectivity index (χ0v) is 33.5. The highest BCUT2D eigenvalue weighted by Gasteiger charge is 2.57. The standard InChI is InChI=1S/C44H47NO6P2S/c1-31-24-45(52)39-23-38(36(29-51-53)22-37(31)39)44(46)43(50-28-35-20-12-5-13-21-35)42(49-27-34-18-10-4-11-19-34)41(48-26-33-16-8-3-9-17-33)40(54-44)30-47-25-32-14-6-2-7-15-32/h2-24,40-43,46H,25-30,52-53H2,1H3/t40-,41-,42+,43-,44?/m1/s1. The van der Waals surface area contributed by atoms with Gasteiger partial charge in [0, 0.05) is 26.6 Å². The average molecular weight is 780 g/mol. The largest absolute Gasteiger partial charge is 0.376 e. The molecule has 1 fully saturated rings. The molecule has 0 aliphatic carbocycles. The maximum absolute atomic E-state index is 13.6. The zero-order chi connectivity index (χ0) is 37.3. The molecule has 0 saturated carbocycles. The summed E-state index contributed by atoms with van der Waals surface area (Å²) in [5.41, 5.74) is 7.75. The third kappa shape index (κ3) is 9.17. The van der Waals surface area contributed by atoms with Crippen molar-refractivity contribution in [2.45, 2.75) is 68.5 Å². The maximum Gasteiger partial charge on any atom is 0.165 e. The molecular weight excluding hydrogens is 733 g/mol. The topological polar surface area (TPSA) is 71.3 Å². The van der Waals surface area contributed by atoms with Gasteiger partial charge in [-0.2, -0.15) is 0 Å². The van der Waals surface area contributed by atoms with Crippen LogP contribution in [0.1, 0.15) is 38.9 Å². The molecule has 5 aromatic carbocycles. The van der Waals surface area contributed by atoms with Crippen molar-refractivity contribution in [3.05, 3.63) is 179 Å². The van der Waals surface area contributed by atoms with Gasteiger partial charge in [-0.05, 0) is 61.8 Å². The molecule has 7 nitrogen and oxygen atoms in total. The predicted octanol–water partition coefficient (Wildman–Crippen LogP) is 9.13. The number of aromatic nitrogens is 1. The second-order valence-corrected chi connectivity index (χ2v) is 16.0. The Labute approximate surface area is 326 Å². The van der Waals surface area contributed by atoms with Crippen molar-refractivity contribution in [3.63, 3.8) is 0 Å². The lowest BCUT2D eigenvalue weighted by molar-refractivity contribution is -0.199. The van der Waals surface area contributed by atoms with E-state index in [0.29, 0.717) is 32.0 Å². The fraction of sp³-hybridized carbons (Fsp3) is 0.273. The SMILES string of the molecule is Cc1cn(P)c2cc(C3(O)S[C@H](COCc4ccccc4)[C@@H](OCc4ccccc4)[C@H](OCc4ccccc4)[C@H]3OCc3ccccc3)c(COP)cc12. The molecule has 54 heavy (non-hydrogen) atoms. The number of aliphatic hydroxyl groups is 1. The van der Waals surface area contributed by atoms with Gasteiger partial charge < -0.3 is 32.9 Å². The molecule has 280 valence electrons. The van der Waals surface area contributed by atoms with Crippen LogP contribution in [0.4, 0.5) is 0 Å². The van der Waals surface area contributed by atoms with Crippen LogP contribution in [0.25, 0.3) is 10.9 Å². The van der Waals surface area contributed by atoms with Gasteiger partial charge in [0.2, 0.25) is 0 Å². The molecule has 0 spiro atoms. The molecule has 0 radical (unpaired) electrons. The average Bonchev–Trinajstić information content (AvgIpc) is 3.48. The molecule has 1 aliphatic heterocycles. The molecule has 6 aromatic rings. The minimum absolute atomic E-state index is 0.261. The number of rotatable bonds is 16. The summed E-state index contributed by atoms with van der Waals surface area (Å²) in [7, 11) is 5.14. The van der Waals surface area contributed by atoms with Gasteiger partial charge in [-0.3, -0.25) is 0 Å². The third-order valence-electron chi connectivity index (χ3n) is 9.82. The van der Waals surface area contributed by atoms with Crippen LogP contribution in [0.3, 0.4) is 0 Å². The van der Waals surface area contributed by atoms with Crippen molar-refractivity contribution in [1.82, 2.24) is 4.34 Å². The lowest BCUT2D eigenvalue weighted by atomic mass is 9.90. The van der Waals surface area contributed by atoms with Crippen molar-refractivity contribution in [1.29, 1.82) is 0 Å². The van der Waals surface area contributed by atoms with E-state index >= 15 is 0 Å². The van der Waals surface area contributed by atoms with E-state index in [9.17, 15) is 5.11 Å². The van der Waals surface area contributed by atoms with Gasteiger partial charge in [-0.25, -0.2) is 0 Å². The van der Waals surface area contributed by atoms with Crippen molar-refractivity contribution in [2.75, 3.05) is 6.61 Å². The normalized spacial score (nSPS) is 21.4. The fourth-order valence-corrected chi connectivity index (χ4v) is 9.39. The molecular formula is C44H47NO6P2S. The summed E-state index contributed by atoms with van der Waals surface area (Å²) in [5, 5.41) is 14.3. The monoisotopic (exact) mass is 779 g/mol. The molecule has 1 aliphatic rings. The van der Waals surface area contributed by atoms with E-state index < -0.39 is 23.2 Å². The van der Waals surface area contributed by atoms with Crippen molar-refractivity contribution in [3.8, 4) is 0 Å². The van der Waals surface area contributed by atoms with Crippen LogP contribution in [0.2, 0.25) is 0 Å². The number of benzene rings is 5. The molecule has 0 amide bonds. The minimum Gasteiger partial charge on any atom is -0.376 e. The first-order chi connectivity index (χ1) is 26.4. The highest BCUT2D eigenvalue weighted by Crippen LogP contribution is 2.52. The van der Waals surface area contributed by atoms with Gasteiger partial charge in [0.15, 0.2) is 4.93 Å².